The van der Waals surface area contributed by atoms with E-state index >= 15 is 0 Å². The van der Waals surface area contributed by atoms with Crippen molar-refractivity contribution in [3.63, 3.8) is 0 Å². The highest BCUT2D eigenvalue weighted by Gasteiger charge is 2.24. The van der Waals surface area contributed by atoms with Crippen LogP contribution >= 0.6 is 0 Å². The monoisotopic (exact) mass is 427 g/mol. The Morgan fingerprint density at radius 2 is 1.78 bits per heavy atom. The molecule has 5 heteroatoms. The van der Waals surface area contributed by atoms with Gasteiger partial charge in [-0.25, -0.2) is 0 Å². The van der Waals surface area contributed by atoms with Crippen LogP contribution in [0.2, 0.25) is 0 Å². The average molecular weight is 428 g/mol. The highest BCUT2D eigenvalue weighted by Crippen LogP contribution is 2.36. The zero-order valence-corrected chi connectivity index (χ0v) is 18.5. The lowest BCUT2D eigenvalue weighted by atomic mass is 9.99. The lowest BCUT2D eigenvalue weighted by Gasteiger charge is -2.29. The second-order valence-corrected chi connectivity index (χ2v) is 8.23. The Morgan fingerprint density at radius 3 is 2.56 bits per heavy atom. The van der Waals surface area contributed by atoms with E-state index in [0.29, 0.717) is 41.3 Å². The summed E-state index contributed by atoms with van der Waals surface area (Å²) >= 11 is 0. The Balaban J connectivity index is 1.57. The third-order valence-electron chi connectivity index (χ3n) is 5.98. The van der Waals surface area contributed by atoms with Gasteiger partial charge in [0.05, 0.1) is 23.6 Å². The quantitative estimate of drug-likeness (QED) is 0.434. The van der Waals surface area contributed by atoms with Gasteiger partial charge in [0.15, 0.2) is 0 Å². The Hall–Kier alpha value is -3.57. The maximum Gasteiger partial charge on any atom is 0.200 e. The van der Waals surface area contributed by atoms with Crippen LogP contribution < -0.4 is 14.9 Å². The molecule has 4 aromatic rings. The second-order valence-electron chi connectivity index (χ2n) is 8.23. The van der Waals surface area contributed by atoms with Crippen molar-refractivity contribution in [2.75, 3.05) is 13.8 Å². The first-order valence-electron chi connectivity index (χ1n) is 10.7. The Labute approximate surface area is 186 Å². The summed E-state index contributed by atoms with van der Waals surface area (Å²) in [5, 5.41) is 0.552. The minimum absolute atomic E-state index is 0.0632. The zero-order chi connectivity index (χ0) is 22.2. The van der Waals surface area contributed by atoms with Crippen LogP contribution in [-0.2, 0) is 13.1 Å². The maximum atomic E-state index is 13.5. The molecule has 0 unspecified atom stereocenters. The lowest BCUT2D eigenvalue weighted by molar-refractivity contribution is 0.0890. The molecule has 1 aromatic heterocycles. The van der Waals surface area contributed by atoms with Crippen molar-refractivity contribution in [3.8, 4) is 22.6 Å². The molecule has 1 aliphatic rings. The van der Waals surface area contributed by atoms with Crippen molar-refractivity contribution in [1.29, 1.82) is 0 Å². The Kier molecular flexibility index (Phi) is 5.19. The van der Waals surface area contributed by atoms with Gasteiger partial charge < -0.3 is 13.9 Å². The molecule has 32 heavy (non-hydrogen) atoms. The largest absolute Gasteiger partial charge is 0.496 e. The molecular weight excluding hydrogens is 402 g/mol. The third kappa shape index (κ3) is 3.55. The number of fused-ring (bicyclic) bond motifs is 3. The minimum atomic E-state index is -0.0632. The van der Waals surface area contributed by atoms with Gasteiger partial charge in [0.1, 0.15) is 29.6 Å². The fourth-order valence-corrected chi connectivity index (χ4v) is 4.34. The summed E-state index contributed by atoms with van der Waals surface area (Å²) in [4.78, 5) is 15.7. The van der Waals surface area contributed by atoms with Crippen LogP contribution in [0.3, 0.4) is 0 Å². The molecule has 0 fully saturated rings. The van der Waals surface area contributed by atoms with Crippen LogP contribution in [-0.4, -0.2) is 18.7 Å². The van der Waals surface area contributed by atoms with Gasteiger partial charge in [-0.3, -0.25) is 9.69 Å². The van der Waals surface area contributed by atoms with Crippen LogP contribution in [0.25, 0.3) is 22.1 Å². The van der Waals surface area contributed by atoms with E-state index in [1.165, 1.54) is 11.1 Å². The van der Waals surface area contributed by atoms with Gasteiger partial charge in [-0.05, 0) is 37.6 Å². The topological polar surface area (TPSA) is 51.9 Å². The smallest absolute Gasteiger partial charge is 0.200 e. The van der Waals surface area contributed by atoms with E-state index in [1.54, 1.807) is 13.2 Å². The fraction of sp³-hybridized carbons (Fsp3) is 0.222. The summed E-state index contributed by atoms with van der Waals surface area (Å²) in [6, 6.07) is 19.7. The van der Waals surface area contributed by atoms with E-state index in [2.05, 4.69) is 36.1 Å². The SMILES string of the molecule is COc1ccccc1-c1c(C)oc2c3c(ccc2c1=O)OCN(Cc1ccc(C)cc1)C3. The third-order valence-corrected chi connectivity index (χ3v) is 5.98. The molecule has 3 aromatic carbocycles. The lowest BCUT2D eigenvalue weighted by Crippen LogP contribution is -2.31. The van der Waals surface area contributed by atoms with Crippen LogP contribution in [0, 0.1) is 13.8 Å². The highest BCUT2D eigenvalue weighted by molar-refractivity contribution is 5.87. The van der Waals surface area contributed by atoms with E-state index in [-0.39, 0.29) is 5.43 Å². The number of para-hydroxylation sites is 1. The molecule has 0 saturated heterocycles. The second kappa shape index (κ2) is 8.17. The Morgan fingerprint density at radius 1 is 1.00 bits per heavy atom. The number of nitrogens with zero attached hydrogens (tertiary/aromatic N) is 1. The van der Waals surface area contributed by atoms with Crippen molar-refractivity contribution >= 4 is 11.0 Å². The van der Waals surface area contributed by atoms with Crippen LogP contribution in [0.5, 0.6) is 11.5 Å². The molecule has 0 aliphatic carbocycles. The molecule has 0 radical (unpaired) electrons. The minimum Gasteiger partial charge on any atom is -0.496 e. The summed E-state index contributed by atoms with van der Waals surface area (Å²) in [6.45, 7) is 5.82. The summed E-state index contributed by atoms with van der Waals surface area (Å²) in [5.41, 5.74) is 5.17. The number of methoxy groups -OCH3 is 1. The highest BCUT2D eigenvalue weighted by atomic mass is 16.5. The molecular formula is C27H25NO4. The molecule has 1 aliphatic heterocycles. The zero-order valence-electron chi connectivity index (χ0n) is 18.5. The van der Waals surface area contributed by atoms with Crippen molar-refractivity contribution < 1.29 is 13.9 Å². The van der Waals surface area contributed by atoms with E-state index in [0.717, 1.165) is 23.4 Å². The number of rotatable bonds is 4. The fourth-order valence-electron chi connectivity index (χ4n) is 4.34. The molecule has 2 heterocycles. The van der Waals surface area contributed by atoms with Crippen molar-refractivity contribution in [2.45, 2.75) is 26.9 Å². The van der Waals surface area contributed by atoms with Gasteiger partial charge in [0.2, 0.25) is 5.43 Å². The van der Waals surface area contributed by atoms with E-state index < -0.39 is 0 Å². The standard InChI is InChI=1S/C27H25NO4/c1-17-8-10-19(11-9-17)14-28-15-22-24(31-16-28)13-12-21-26(29)25(18(2)32-27(21)22)20-6-4-5-7-23(20)30-3/h4-13H,14-16H2,1-3H3. The first kappa shape index (κ1) is 20.3. The summed E-state index contributed by atoms with van der Waals surface area (Å²) in [7, 11) is 1.60. The normalized spacial score (nSPS) is 13.6. The molecule has 0 saturated carbocycles. The number of ether oxygens (including phenoxy) is 2. The van der Waals surface area contributed by atoms with Gasteiger partial charge in [0.25, 0.3) is 0 Å². The molecule has 0 bridgehead atoms. The number of hydrogen-bond acceptors (Lipinski definition) is 5. The molecule has 0 atom stereocenters. The molecule has 162 valence electrons. The van der Waals surface area contributed by atoms with Crippen molar-refractivity contribution in [3.05, 3.63) is 93.3 Å². The van der Waals surface area contributed by atoms with E-state index in [1.807, 2.05) is 37.3 Å². The summed E-state index contributed by atoms with van der Waals surface area (Å²) in [6.07, 6.45) is 0. The first-order valence-corrected chi connectivity index (χ1v) is 10.7. The van der Waals surface area contributed by atoms with Gasteiger partial charge in [-0.15, -0.1) is 0 Å². The average Bonchev–Trinajstić information content (AvgIpc) is 2.81. The molecule has 0 amide bonds. The van der Waals surface area contributed by atoms with Crippen molar-refractivity contribution in [1.82, 2.24) is 4.90 Å². The van der Waals surface area contributed by atoms with Gasteiger partial charge in [0, 0.05) is 18.7 Å². The number of benzene rings is 3. The van der Waals surface area contributed by atoms with Crippen LogP contribution in [0.15, 0.2) is 69.9 Å². The van der Waals surface area contributed by atoms with Crippen LogP contribution in [0.4, 0.5) is 0 Å². The maximum absolute atomic E-state index is 13.5. The van der Waals surface area contributed by atoms with E-state index in [9.17, 15) is 4.79 Å². The van der Waals surface area contributed by atoms with E-state index in [4.69, 9.17) is 13.9 Å². The predicted molar refractivity (Wildman–Crippen MR) is 125 cm³/mol. The van der Waals surface area contributed by atoms with Crippen molar-refractivity contribution in [2.24, 2.45) is 0 Å². The predicted octanol–water partition coefficient (Wildman–Crippen LogP) is 5.44. The van der Waals surface area contributed by atoms with Gasteiger partial charge in [-0.2, -0.15) is 0 Å². The summed E-state index contributed by atoms with van der Waals surface area (Å²) < 4.78 is 17.8. The van der Waals surface area contributed by atoms with Gasteiger partial charge in [-0.1, -0.05) is 48.0 Å². The molecule has 5 rings (SSSR count). The Bertz CT molecular complexity index is 1350. The summed E-state index contributed by atoms with van der Waals surface area (Å²) in [5.74, 6) is 1.98. The van der Waals surface area contributed by atoms with Gasteiger partial charge >= 0.3 is 0 Å². The number of aryl methyl sites for hydroxylation is 2. The number of hydrogen-bond donors (Lipinski definition) is 0. The molecule has 5 nitrogen and oxygen atoms in total. The molecule has 0 spiro atoms. The first-order chi connectivity index (χ1) is 15.5. The molecule has 0 N–H and O–H groups in total. The van der Waals surface area contributed by atoms with Crippen LogP contribution in [0.1, 0.15) is 22.5 Å².